The van der Waals surface area contributed by atoms with Crippen molar-refractivity contribution in [3.63, 3.8) is 0 Å². The van der Waals surface area contributed by atoms with Crippen LogP contribution in [-0.2, 0) is 16.6 Å². The molecule has 2 aromatic rings. The molecule has 2 rings (SSSR count). The van der Waals surface area contributed by atoms with Crippen molar-refractivity contribution in [1.29, 1.82) is 0 Å². The SMILES string of the molecule is O=S(=O)(NCc1ccsc1)c1ccccc1Cl. The Balaban J connectivity index is 2.17. The van der Waals surface area contributed by atoms with E-state index < -0.39 is 10.0 Å². The molecule has 0 aliphatic carbocycles. The molecule has 0 saturated carbocycles. The Morgan fingerprint density at radius 3 is 2.65 bits per heavy atom. The summed E-state index contributed by atoms with van der Waals surface area (Å²) >= 11 is 7.38. The zero-order valence-corrected chi connectivity index (χ0v) is 11.1. The van der Waals surface area contributed by atoms with Crippen molar-refractivity contribution in [2.45, 2.75) is 11.4 Å². The van der Waals surface area contributed by atoms with Crippen molar-refractivity contribution in [2.24, 2.45) is 0 Å². The van der Waals surface area contributed by atoms with Crippen molar-refractivity contribution in [3.05, 3.63) is 51.7 Å². The van der Waals surface area contributed by atoms with Gasteiger partial charge in [0.15, 0.2) is 0 Å². The first-order chi connectivity index (χ1) is 8.09. The molecule has 6 heteroatoms. The Kier molecular flexibility index (Phi) is 3.83. The number of hydrogen-bond donors (Lipinski definition) is 1. The number of halogens is 1. The monoisotopic (exact) mass is 287 g/mol. The van der Waals surface area contributed by atoms with Crippen LogP contribution in [0.3, 0.4) is 0 Å². The maximum Gasteiger partial charge on any atom is 0.242 e. The third-order valence-electron chi connectivity index (χ3n) is 2.17. The average molecular weight is 288 g/mol. The lowest BCUT2D eigenvalue weighted by Crippen LogP contribution is -2.23. The van der Waals surface area contributed by atoms with E-state index in [0.717, 1.165) is 5.56 Å². The number of rotatable bonds is 4. The Morgan fingerprint density at radius 1 is 1.24 bits per heavy atom. The van der Waals surface area contributed by atoms with Crippen LogP contribution in [-0.4, -0.2) is 8.42 Å². The summed E-state index contributed by atoms with van der Waals surface area (Å²) in [5, 5.41) is 4.03. The summed E-state index contributed by atoms with van der Waals surface area (Å²) in [6, 6.07) is 8.25. The molecule has 3 nitrogen and oxygen atoms in total. The largest absolute Gasteiger partial charge is 0.242 e. The molecule has 1 aromatic carbocycles. The molecule has 17 heavy (non-hydrogen) atoms. The maximum atomic E-state index is 12.0. The molecule has 1 aromatic heterocycles. The van der Waals surface area contributed by atoms with E-state index in [2.05, 4.69) is 4.72 Å². The summed E-state index contributed by atoms with van der Waals surface area (Å²) in [6.45, 7) is 0.275. The van der Waals surface area contributed by atoms with Crippen LogP contribution in [0.2, 0.25) is 5.02 Å². The fourth-order valence-corrected chi connectivity index (χ4v) is 3.52. The maximum absolute atomic E-state index is 12.0. The summed E-state index contributed by atoms with van der Waals surface area (Å²) in [7, 11) is -3.54. The second-order valence-electron chi connectivity index (χ2n) is 3.39. The van der Waals surface area contributed by atoms with E-state index in [1.165, 1.54) is 17.4 Å². The highest BCUT2D eigenvalue weighted by atomic mass is 35.5. The molecule has 0 aliphatic rings. The highest BCUT2D eigenvalue weighted by Crippen LogP contribution is 2.20. The van der Waals surface area contributed by atoms with Crippen LogP contribution >= 0.6 is 22.9 Å². The lowest BCUT2D eigenvalue weighted by molar-refractivity contribution is 0.581. The van der Waals surface area contributed by atoms with E-state index in [1.54, 1.807) is 18.2 Å². The predicted molar refractivity (Wildman–Crippen MR) is 69.8 cm³/mol. The van der Waals surface area contributed by atoms with Gasteiger partial charge in [0.05, 0.1) is 5.02 Å². The second-order valence-corrected chi connectivity index (χ2v) is 6.31. The van der Waals surface area contributed by atoms with E-state index in [4.69, 9.17) is 11.6 Å². The van der Waals surface area contributed by atoms with E-state index in [9.17, 15) is 8.42 Å². The van der Waals surface area contributed by atoms with E-state index >= 15 is 0 Å². The lowest BCUT2D eigenvalue weighted by atomic mass is 10.4. The van der Waals surface area contributed by atoms with Gasteiger partial charge in [-0.25, -0.2) is 13.1 Å². The van der Waals surface area contributed by atoms with Crippen molar-refractivity contribution >= 4 is 33.0 Å². The number of hydrogen-bond acceptors (Lipinski definition) is 3. The Morgan fingerprint density at radius 2 is 2.00 bits per heavy atom. The van der Waals surface area contributed by atoms with Crippen molar-refractivity contribution in [3.8, 4) is 0 Å². The van der Waals surface area contributed by atoms with Gasteiger partial charge in [-0.2, -0.15) is 11.3 Å². The van der Waals surface area contributed by atoms with Crippen LogP contribution in [0, 0.1) is 0 Å². The molecule has 90 valence electrons. The van der Waals surface area contributed by atoms with Crippen LogP contribution in [0.15, 0.2) is 46.0 Å². The minimum Gasteiger partial charge on any atom is -0.207 e. The first-order valence-electron chi connectivity index (χ1n) is 4.85. The van der Waals surface area contributed by atoms with Gasteiger partial charge in [-0.05, 0) is 34.5 Å². The summed E-state index contributed by atoms with van der Waals surface area (Å²) in [4.78, 5) is 0.108. The zero-order valence-electron chi connectivity index (χ0n) is 8.76. The number of sulfonamides is 1. The molecule has 0 radical (unpaired) electrons. The number of thiophene rings is 1. The number of nitrogens with one attached hydrogen (secondary N) is 1. The van der Waals surface area contributed by atoms with Crippen LogP contribution < -0.4 is 4.72 Å². The van der Waals surface area contributed by atoms with Crippen molar-refractivity contribution < 1.29 is 8.42 Å². The van der Waals surface area contributed by atoms with Gasteiger partial charge in [0.1, 0.15) is 4.90 Å². The van der Waals surface area contributed by atoms with Crippen molar-refractivity contribution in [2.75, 3.05) is 0 Å². The summed E-state index contributed by atoms with van der Waals surface area (Å²) in [5.74, 6) is 0. The highest BCUT2D eigenvalue weighted by Gasteiger charge is 2.16. The molecular weight excluding hydrogens is 278 g/mol. The van der Waals surface area contributed by atoms with Gasteiger partial charge < -0.3 is 0 Å². The summed E-state index contributed by atoms with van der Waals surface area (Å²) in [5.41, 5.74) is 0.936. The normalized spacial score (nSPS) is 11.6. The van der Waals surface area contributed by atoms with E-state index in [-0.39, 0.29) is 16.5 Å². The quantitative estimate of drug-likeness (QED) is 0.940. The molecule has 1 N–H and O–H groups in total. The molecule has 0 saturated heterocycles. The third-order valence-corrected chi connectivity index (χ3v) is 4.81. The van der Waals surface area contributed by atoms with Crippen LogP contribution in [0.5, 0.6) is 0 Å². The van der Waals surface area contributed by atoms with Gasteiger partial charge in [-0.15, -0.1) is 0 Å². The summed E-state index contributed by atoms with van der Waals surface area (Å²) in [6.07, 6.45) is 0. The highest BCUT2D eigenvalue weighted by molar-refractivity contribution is 7.89. The van der Waals surface area contributed by atoms with Crippen molar-refractivity contribution in [1.82, 2.24) is 4.72 Å². The van der Waals surface area contributed by atoms with Gasteiger partial charge in [0.2, 0.25) is 10.0 Å². The van der Waals surface area contributed by atoms with Gasteiger partial charge in [0, 0.05) is 6.54 Å². The van der Waals surface area contributed by atoms with Gasteiger partial charge in [0.25, 0.3) is 0 Å². The molecule has 0 bridgehead atoms. The topological polar surface area (TPSA) is 46.2 Å². The molecule has 0 spiro atoms. The van der Waals surface area contributed by atoms with Crippen LogP contribution in [0.1, 0.15) is 5.56 Å². The first kappa shape index (κ1) is 12.6. The van der Waals surface area contributed by atoms with Crippen LogP contribution in [0.4, 0.5) is 0 Å². The number of benzene rings is 1. The second kappa shape index (κ2) is 5.18. The molecule has 0 amide bonds. The summed E-state index contributed by atoms with van der Waals surface area (Å²) < 4.78 is 26.4. The standard InChI is InChI=1S/C11H10ClNO2S2/c12-10-3-1-2-4-11(10)17(14,15)13-7-9-5-6-16-8-9/h1-6,8,13H,7H2. The molecule has 0 atom stereocenters. The average Bonchev–Trinajstić information content (AvgIpc) is 2.80. The smallest absolute Gasteiger partial charge is 0.207 e. The first-order valence-corrected chi connectivity index (χ1v) is 7.65. The molecular formula is C11H10ClNO2S2. The van der Waals surface area contributed by atoms with E-state index in [0.29, 0.717) is 0 Å². The minimum absolute atomic E-state index is 0.108. The van der Waals surface area contributed by atoms with Gasteiger partial charge in [-0.3, -0.25) is 0 Å². The minimum atomic E-state index is -3.54. The van der Waals surface area contributed by atoms with Gasteiger partial charge >= 0.3 is 0 Å². The van der Waals surface area contributed by atoms with Crippen LogP contribution in [0.25, 0.3) is 0 Å². The predicted octanol–water partition coefficient (Wildman–Crippen LogP) is 2.88. The Labute approximate surface area is 109 Å². The lowest BCUT2D eigenvalue weighted by Gasteiger charge is -2.07. The fourth-order valence-electron chi connectivity index (χ4n) is 1.31. The molecule has 0 fully saturated rings. The Hall–Kier alpha value is -0.880. The molecule has 0 aliphatic heterocycles. The van der Waals surface area contributed by atoms with E-state index in [1.807, 2.05) is 16.8 Å². The Bertz CT molecular complexity index is 594. The molecule has 1 heterocycles. The molecule has 0 unspecified atom stereocenters. The fraction of sp³-hybridized carbons (Fsp3) is 0.0909. The zero-order chi connectivity index (χ0) is 12.3. The van der Waals surface area contributed by atoms with Gasteiger partial charge in [-0.1, -0.05) is 23.7 Å². The third kappa shape index (κ3) is 3.07.